The van der Waals surface area contributed by atoms with Gasteiger partial charge >= 0.3 is 18.4 Å². The second-order valence-corrected chi connectivity index (χ2v) is 7.46. The summed E-state index contributed by atoms with van der Waals surface area (Å²) in [4.78, 5) is 14.9. The Balaban J connectivity index is 1.56. The fourth-order valence-electron chi connectivity index (χ4n) is 3.73. The summed E-state index contributed by atoms with van der Waals surface area (Å²) in [6, 6.07) is 7.31. The van der Waals surface area contributed by atoms with E-state index in [1.54, 1.807) is 6.07 Å². The monoisotopic (exact) mass is 430 g/mol. The first kappa shape index (κ1) is 21.0. The number of alkyl halides is 6. The highest BCUT2D eigenvalue weighted by molar-refractivity contribution is 6.31. The largest absolute Gasteiger partial charge is 0.434 e. The number of hydrogen-bond acceptors (Lipinski definition) is 3. The summed E-state index contributed by atoms with van der Waals surface area (Å²) in [7, 11) is 0. The van der Waals surface area contributed by atoms with E-state index >= 15 is 0 Å². The molecule has 156 valence electrons. The first-order valence-corrected chi connectivity index (χ1v) is 8.87. The number of likely N-dealkylation sites (tertiary alicyclic amines) is 2. The Bertz CT molecular complexity index is 698. The van der Waals surface area contributed by atoms with Crippen molar-refractivity contribution in [3.8, 4) is 0 Å². The third-order valence-corrected chi connectivity index (χ3v) is 5.35. The number of hydrogen-bond donors (Lipinski definition) is 0. The van der Waals surface area contributed by atoms with Gasteiger partial charge in [0.05, 0.1) is 0 Å². The van der Waals surface area contributed by atoms with E-state index in [0.29, 0.717) is 24.7 Å². The van der Waals surface area contributed by atoms with Crippen molar-refractivity contribution in [2.75, 3.05) is 26.2 Å². The van der Waals surface area contributed by atoms with Crippen LogP contribution in [0.5, 0.6) is 0 Å². The van der Waals surface area contributed by atoms with Crippen LogP contribution >= 0.6 is 11.6 Å². The zero-order valence-electron chi connectivity index (χ0n) is 14.4. The summed E-state index contributed by atoms with van der Waals surface area (Å²) in [5.41, 5.74) is 0.929. The van der Waals surface area contributed by atoms with Crippen molar-refractivity contribution in [1.82, 2.24) is 9.80 Å². The van der Waals surface area contributed by atoms with Crippen LogP contribution in [0, 0.1) is 11.8 Å². The van der Waals surface area contributed by atoms with Gasteiger partial charge in [-0.25, -0.2) is 4.79 Å². The maximum atomic E-state index is 12.6. The fraction of sp³-hybridized carbons (Fsp3) is 0.588. The molecular weight excluding hydrogens is 414 g/mol. The van der Waals surface area contributed by atoms with Crippen LogP contribution in [0.1, 0.15) is 5.56 Å². The lowest BCUT2D eigenvalue weighted by atomic mass is 10.0. The first-order chi connectivity index (χ1) is 12.9. The highest BCUT2D eigenvalue weighted by Gasteiger charge is 2.60. The normalized spacial score (nSPS) is 23.4. The van der Waals surface area contributed by atoms with Crippen LogP contribution in [0.15, 0.2) is 24.3 Å². The minimum absolute atomic E-state index is 0.0368. The van der Waals surface area contributed by atoms with Crippen LogP contribution in [0.3, 0.4) is 0 Å². The lowest BCUT2D eigenvalue weighted by Gasteiger charge is -2.26. The van der Waals surface area contributed by atoms with E-state index in [2.05, 4.69) is 9.64 Å². The average molecular weight is 431 g/mol. The molecule has 2 atom stereocenters. The van der Waals surface area contributed by atoms with Gasteiger partial charge in [-0.05, 0) is 23.5 Å². The number of halogens is 7. The molecule has 1 aromatic rings. The molecule has 0 aliphatic carbocycles. The van der Waals surface area contributed by atoms with Gasteiger partial charge in [0.15, 0.2) is 0 Å². The molecule has 2 fully saturated rings. The van der Waals surface area contributed by atoms with Gasteiger partial charge < -0.3 is 9.64 Å². The summed E-state index contributed by atoms with van der Waals surface area (Å²) in [5, 5.41) is 0.620. The van der Waals surface area contributed by atoms with E-state index in [1.807, 2.05) is 18.2 Å². The molecule has 0 bridgehead atoms. The van der Waals surface area contributed by atoms with Crippen molar-refractivity contribution in [2.45, 2.75) is 25.0 Å². The van der Waals surface area contributed by atoms with E-state index < -0.39 is 24.5 Å². The zero-order chi connectivity index (χ0) is 20.7. The van der Waals surface area contributed by atoms with E-state index in [-0.39, 0.29) is 24.9 Å². The smallest absolute Gasteiger partial charge is 0.426 e. The molecule has 2 aliphatic heterocycles. The molecule has 3 rings (SSSR count). The molecular formula is C17H17ClF6N2O2. The summed E-state index contributed by atoms with van der Waals surface area (Å²) in [6.45, 7) is 1.85. The van der Waals surface area contributed by atoms with E-state index in [1.165, 1.54) is 0 Å². The summed E-state index contributed by atoms with van der Waals surface area (Å²) in [5.74, 6) is -0.0736. The second kappa shape index (κ2) is 7.62. The van der Waals surface area contributed by atoms with Gasteiger partial charge in [0, 0.05) is 37.7 Å². The predicted molar refractivity (Wildman–Crippen MR) is 87.7 cm³/mol. The number of ether oxygens (including phenoxy) is 1. The van der Waals surface area contributed by atoms with Gasteiger partial charge in [-0.1, -0.05) is 29.8 Å². The van der Waals surface area contributed by atoms with Crippen LogP contribution in [-0.4, -0.2) is 60.5 Å². The molecule has 0 N–H and O–H groups in total. The van der Waals surface area contributed by atoms with Crippen LogP contribution in [0.2, 0.25) is 5.02 Å². The molecule has 0 aromatic heterocycles. The fourth-order valence-corrected chi connectivity index (χ4v) is 3.93. The third-order valence-electron chi connectivity index (χ3n) is 4.99. The molecule has 0 radical (unpaired) electrons. The van der Waals surface area contributed by atoms with Crippen molar-refractivity contribution >= 4 is 17.7 Å². The first-order valence-electron chi connectivity index (χ1n) is 8.50. The van der Waals surface area contributed by atoms with Gasteiger partial charge in [0.2, 0.25) is 0 Å². The molecule has 2 unspecified atom stereocenters. The Kier molecular flexibility index (Phi) is 5.73. The predicted octanol–water partition coefficient (Wildman–Crippen LogP) is 4.33. The van der Waals surface area contributed by atoms with Crippen molar-refractivity contribution in [3.05, 3.63) is 34.9 Å². The van der Waals surface area contributed by atoms with Gasteiger partial charge in [0.25, 0.3) is 6.10 Å². The summed E-state index contributed by atoms with van der Waals surface area (Å²) >= 11 is 6.13. The quantitative estimate of drug-likeness (QED) is 0.669. The summed E-state index contributed by atoms with van der Waals surface area (Å²) < 4.78 is 79.1. The Morgan fingerprint density at radius 2 is 1.57 bits per heavy atom. The molecule has 4 nitrogen and oxygen atoms in total. The minimum atomic E-state index is -5.71. The van der Waals surface area contributed by atoms with Crippen LogP contribution in [0.4, 0.5) is 31.1 Å². The second-order valence-electron chi connectivity index (χ2n) is 7.06. The SMILES string of the molecule is O=C(OC(C(F)(F)F)C(F)(F)F)N1CC2CN(Cc3ccccc3Cl)CC2C1. The van der Waals surface area contributed by atoms with E-state index in [0.717, 1.165) is 10.5 Å². The standard InChI is InChI=1S/C17H17ClF6N2O2/c18-13-4-2-1-3-10(13)5-25-6-11-8-26(9-12(11)7-25)15(27)28-14(16(19,20)21)17(22,23)24/h1-4,11-12,14H,5-9H2. The molecule has 2 saturated heterocycles. The molecule has 28 heavy (non-hydrogen) atoms. The lowest BCUT2D eigenvalue weighted by Crippen LogP contribution is -2.48. The van der Waals surface area contributed by atoms with Crippen molar-refractivity contribution in [1.29, 1.82) is 0 Å². The highest BCUT2D eigenvalue weighted by Crippen LogP contribution is 2.37. The topological polar surface area (TPSA) is 32.8 Å². The Hall–Kier alpha value is -1.68. The Labute approximate surface area is 162 Å². The van der Waals surface area contributed by atoms with E-state index in [9.17, 15) is 31.1 Å². The Morgan fingerprint density at radius 3 is 2.07 bits per heavy atom. The average Bonchev–Trinajstić information content (AvgIpc) is 3.10. The Morgan fingerprint density at radius 1 is 1.04 bits per heavy atom. The van der Waals surface area contributed by atoms with Gasteiger partial charge in [-0.3, -0.25) is 4.90 Å². The molecule has 0 spiro atoms. The van der Waals surface area contributed by atoms with E-state index in [4.69, 9.17) is 11.6 Å². The lowest BCUT2D eigenvalue weighted by molar-refractivity contribution is -0.308. The number of carbonyl (C=O) groups excluding carboxylic acids is 1. The number of nitrogens with zero attached hydrogens (tertiary/aromatic N) is 2. The van der Waals surface area contributed by atoms with Crippen LogP contribution in [-0.2, 0) is 11.3 Å². The summed E-state index contributed by atoms with van der Waals surface area (Å²) in [6.07, 6.45) is -17.1. The van der Waals surface area contributed by atoms with Gasteiger partial charge in [0.1, 0.15) is 0 Å². The number of rotatable bonds is 3. The molecule has 1 aromatic carbocycles. The number of benzene rings is 1. The number of carbonyl (C=O) groups is 1. The molecule has 0 saturated carbocycles. The van der Waals surface area contributed by atoms with Crippen LogP contribution < -0.4 is 0 Å². The van der Waals surface area contributed by atoms with Crippen molar-refractivity contribution in [2.24, 2.45) is 11.8 Å². The maximum Gasteiger partial charge on any atom is 0.434 e. The molecule has 2 heterocycles. The minimum Gasteiger partial charge on any atom is -0.426 e. The molecule has 2 aliphatic rings. The number of fused-ring (bicyclic) bond motifs is 1. The van der Waals surface area contributed by atoms with Gasteiger partial charge in [-0.2, -0.15) is 26.3 Å². The van der Waals surface area contributed by atoms with Crippen LogP contribution in [0.25, 0.3) is 0 Å². The highest BCUT2D eigenvalue weighted by atomic mass is 35.5. The third kappa shape index (κ3) is 4.65. The van der Waals surface area contributed by atoms with Crippen molar-refractivity contribution < 1.29 is 35.9 Å². The maximum absolute atomic E-state index is 12.6. The van der Waals surface area contributed by atoms with Gasteiger partial charge in [-0.15, -0.1) is 0 Å². The molecule has 1 amide bonds. The molecule has 11 heteroatoms. The van der Waals surface area contributed by atoms with Crippen molar-refractivity contribution in [3.63, 3.8) is 0 Å². The zero-order valence-corrected chi connectivity index (χ0v) is 15.2. The number of amides is 1.